The highest BCUT2D eigenvalue weighted by molar-refractivity contribution is 5.94. The molecule has 0 N–H and O–H groups in total. The van der Waals surface area contributed by atoms with Crippen LogP contribution in [0.2, 0.25) is 0 Å². The lowest BCUT2D eigenvalue weighted by Crippen LogP contribution is -2.49. The summed E-state index contributed by atoms with van der Waals surface area (Å²) in [6.07, 6.45) is 1.84. The van der Waals surface area contributed by atoms with Crippen molar-refractivity contribution in [3.8, 4) is 0 Å². The summed E-state index contributed by atoms with van der Waals surface area (Å²) in [5.41, 5.74) is 2.08. The molecule has 132 valence electrons. The second-order valence-electron chi connectivity index (χ2n) is 6.35. The number of benzene rings is 1. The first-order valence-electron chi connectivity index (χ1n) is 8.96. The van der Waals surface area contributed by atoms with Gasteiger partial charge in [-0.25, -0.2) is 0 Å². The molecule has 1 aromatic carbocycles. The Morgan fingerprint density at radius 1 is 1.00 bits per heavy atom. The van der Waals surface area contributed by atoms with Crippen molar-refractivity contribution in [1.29, 1.82) is 0 Å². The molecule has 2 heterocycles. The van der Waals surface area contributed by atoms with E-state index in [1.165, 1.54) is 0 Å². The molecule has 2 aromatic rings. The van der Waals surface area contributed by atoms with E-state index in [1.807, 2.05) is 60.5 Å². The third kappa shape index (κ3) is 4.87. The second-order valence-corrected chi connectivity index (χ2v) is 6.35. The number of rotatable bonds is 6. The van der Waals surface area contributed by atoms with Gasteiger partial charge < -0.3 is 4.90 Å². The number of pyridine rings is 1. The molecule has 1 amide bonds. The lowest BCUT2D eigenvalue weighted by Gasteiger charge is -2.35. The fraction of sp³-hybridized carbons (Fsp3) is 0.400. The average molecular weight is 338 g/mol. The molecule has 5 heteroatoms. The van der Waals surface area contributed by atoms with Crippen LogP contribution in [-0.4, -0.2) is 60.0 Å². The van der Waals surface area contributed by atoms with E-state index in [4.69, 9.17) is 0 Å². The fourth-order valence-electron chi connectivity index (χ4n) is 3.21. The van der Waals surface area contributed by atoms with Gasteiger partial charge in [0.1, 0.15) is 0 Å². The summed E-state index contributed by atoms with van der Waals surface area (Å²) in [5.74, 6) is 0.173. The van der Waals surface area contributed by atoms with E-state index in [0.717, 1.165) is 44.1 Å². The van der Waals surface area contributed by atoms with Crippen LogP contribution >= 0.6 is 0 Å². The third-order valence-electron chi connectivity index (χ3n) is 4.62. The SMILES string of the molecule is CCN(C(=O)CN1CCN(Cc2ccccn2)CC1)c1ccccc1. The van der Waals surface area contributed by atoms with E-state index < -0.39 is 0 Å². The minimum atomic E-state index is 0.173. The number of para-hydroxylation sites is 1. The maximum absolute atomic E-state index is 12.7. The Bertz CT molecular complexity index is 654. The van der Waals surface area contributed by atoms with E-state index in [1.54, 1.807) is 0 Å². The zero-order chi connectivity index (χ0) is 17.5. The number of hydrogen-bond donors (Lipinski definition) is 0. The number of amides is 1. The zero-order valence-corrected chi connectivity index (χ0v) is 14.8. The number of hydrogen-bond acceptors (Lipinski definition) is 4. The Morgan fingerprint density at radius 2 is 1.68 bits per heavy atom. The summed E-state index contributed by atoms with van der Waals surface area (Å²) >= 11 is 0. The second kappa shape index (κ2) is 8.74. The molecule has 1 saturated heterocycles. The number of piperazine rings is 1. The molecule has 3 rings (SSSR count). The zero-order valence-electron chi connectivity index (χ0n) is 14.8. The minimum absolute atomic E-state index is 0.173. The molecule has 0 unspecified atom stereocenters. The molecule has 0 saturated carbocycles. The predicted molar refractivity (Wildman–Crippen MR) is 100 cm³/mol. The number of likely N-dealkylation sites (N-methyl/N-ethyl adjacent to an activating group) is 1. The van der Waals surface area contributed by atoms with Gasteiger partial charge in [0.2, 0.25) is 5.91 Å². The van der Waals surface area contributed by atoms with Crippen LogP contribution in [-0.2, 0) is 11.3 Å². The molecule has 0 spiro atoms. The van der Waals surface area contributed by atoms with Gasteiger partial charge in [-0.3, -0.25) is 19.6 Å². The predicted octanol–water partition coefficient (Wildman–Crippen LogP) is 2.25. The molecule has 0 radical (unpaired) electrons. The molecule has 0 aliphatic carbocycles. The molecular formula is C20H26N4O. The highest BCUT2D eigenvalue weighted by Crippen LogP contribution is 2.14. The summed E-state index contributed by atoms with van der Waals surface area (Å²) in [4.78, 5) is 23.6. The maximum atomic E-state index is 12.7. The standard InChI is InChI=1S/C20H26N4O/c1-2-24(19-9-4-3-5-10-19)20(25)17-23-14-12-22(13-15-23)16-18-8-6-7-11-21-18/h3-11H,2,12-17H2,1H3. The normalized spacial score (nSPS) is 15.9. The number of carbonyl (C=O) groups excluding carboxylic acids is 1. The van der Waals surface area contributed by atoms with Gasteiger partial charge >= 0.3 is 0 Å². The van der Waals surface area contributed by atoms with Crippen molar-refractivity contribution < 1.29 is 4.79 Å². The van der Waals surface area contributed by atoms with E-state index in [-0.39, 0.29) is 5.91 Å². The van der Waals surface area contributed by atoms with Crippen molar-refractivity contribution in [2.45, 2.75) is 13.5 Å². The smallest absolute Gasteiger partial charge is 0.241 e. The van der Waals surface area contributed by atoms with Crippen LogP contribution in [0.5, 0.6) is 0 Å². The number of carbonyl (C=O) groups is 1. The Morgan fingerprint density at radius 3 is 2.32 bits per heavy atom. The van der Waals surface area contributed by atoms with Gasteiger partial charge in [0.05, 0.1) is 12.2 Å². The highest BCUT2D eigenvalue weighted by Gasteiger charge is 2.22. The molecule has 1 aliphatic heterocycles. The Hall–Kier alpha value is -2.24. The molecule has 5 nitrogen and oxygen atoms in total. The quantitative estimate of drug-likeness (QED) is 0.810. The third-order valence-corrected chi connectivity index (χ3v) is 4.62. The van der Waals surface area contributed by atoms with Crippen molar-refractivity contribution in [2.24, 2.45) is 0 Å². The van der Waals surface area contributed by atoms with Crippen LogP contribution in [0.1, 0.15) is 12.6 Å². The van der Waals surface area contributed by atoms with Gasteiger partial charge in [-0.2, -0.15) is 0 Å². The van der Waals surface area contributed by atoms with Crippen molar-refractivity contribution in [2.75, 3.05) is 44.2 Å². The largest absolute Gasteiger partial charge is 0.312 e. The van der Waals surface area contributed by atoms with Crippen LogP contribution in [0, 0.1) is 0 Å². The molecule has 1 aliphatic rings. The van der Waals surface area contributed by atoms with Gasteiger partial charge in [0, 0.05) is 51.2 Å². The number of nitrogens with zero attached hydrogens (tertiary/aromatic N) is 4. The summed E-state index contributed by atoms with van der Waals surface area (Å²) in [6.45, 7) is 7.88. The van der Waals surface area contributed by atoms with Crippen LogP contribution in [0.25, 0.3) is 0 Å². The highest BCUT2D eigenvalue weighted by atomic mass is 16.2. The van der Waals surface area contributed by atoms with E-state index in [2.05, 4.69) is 20.9 Å². The molecule has 0 bridgehead atoms. The van der Waals surface area contributed by atoms with Crippen molar-refractivity contribution >= 4 is 11.6 Å². The summed E-state index contributed by atoms with van der Waals surface area (Å²) < 4.78 is 0. The Kier molecular flexibility index (Phi) is 6.14. The van der Waals surface area contributed by atoms with Crippen LogP contribution in [0.15, 0.2) is 54.7 Å². The summed E-state index contributed by atoms with van der Waals surface area (Å²) in [7, 11) is 0. The average Bonchev–Trinajstić information content (AvgIpc) is 2.66. The number of anilines is 1. The fourth-order valence-corrected chi connectivity index (χ4v) is 3.21. The van der Waals surface area contributed by atoms with Crippen LogP contribution in [0.4, 0.5) is 5.69 Å². The first-order chi connectivity index (χ1) is 12.3. The molecular weight excluding hydrogens is 312 g/mol. The maximum Gasteiger partial charge on any atom is 0.241 e. The van der Waals surface area contributed by atoms with Crippen LogP contribution in [0.3, 0.4) is 0 Å². The van der Waals surface area contributed by atoms with E-state index in [0.29, 0.717) is 13.1 Å². The summed E-state index contributed by atoms with van der Waals surface area (Å²) in [5, 5.41) is 0. The van der Waals surface area contributed by atoms with Crippen molar-refractivity contribution in [1.82, 2.24) is 14.8 Å². The monoisotopic (exact) mass is 338 g/mol. The minimum Gasteiger partial charge on any atom is -0.312 e. The van der Waals surface area contributed by atoms with E-state index >= 15 is 0 Å². The molecule has 1 aromatic heterocycles. The van der Waals surface area contributed by atoms with Gasteiger partial charge in [0.25, 0.3) is 0 Å². The lowest BCUT2D eigenvalue weighted by molar-refractivity contribution is -0.120. The topological polar surface area (TPSA) is 39.7 Å². The van der Waals surface area contributed by atoms with Crippen molar-refractivity contribution in [3.05, 3.63) is 60.4 Å². The van der Waals surface area contributed by atoms with E-state index in [9.17, 15) is 4.79 Å². The van der Waals surface area contributed by atoms with Gasteiger partial charge in [-0.15, -0.1) is 0 Å². The van der Waals surface area contributed by atoms with Crippen LogP contribution < -0.4 is 4.90 Å². The Balaban J connectivity index is 1.49. The van der Waals surface area contributed by atoms with Crippen molar-refractivity contribution in [3.63, 3.8) is 0 Å². The number of aromatic nitrogens is 1. The lowest BCUT2D eigenvalue weighted by atomic mass is 10.2. The molecule has 1 fully saturated rings. The van der Waals surface area contributed by atoms with Gasteiger partial charge in [-0.1, -0.05) is 24.3 Å². The molecule has 25 heavy (non-hydrogen) atoms. The molecule has 0 atom stereocenters. The van der Waals surface area contributed by atoms with Gasteiger partial charge in [0.15, 0.2) is 0 Å². The van der Waals surface area contributed by atoms with Gasteiger partial charge in [-0.05, 0) is 31.2 Å². The first kappa shape index (κ1) is 17.6. The Labute approximate surface area is 149 Å². The summed E-state index contributed by atoms with van der Waals surface area (Å²) in [6, 6.07) is 15.9. The first-order valence-corrected chi connectivity index (χ1v) is 8.96.